The number of carbonyl (C=O) groups is 3. The van der Waals surface area contributed by atoms with E-state index < -0.39 is 11.9 Å². The lowest BCUT2D eigenvalue weighted by atomic mass is 9.92. The molecule has 26 heavy (non-hydrogen) atoms. The molecule has 2 atom stereocenters. The average Bonchev–Trinajstić information content (AvgIpc) is 3.20. The number of hydrogen-bond acceptors (Lipinski definition) is 5. The molecular formula is C18H20N2O6. The van der Waals surface area contributed by atoms with Gasteiger partial charge in [0.25, 0.3) is 5.91 Å². The fraction of sp³-hybridized carbons (Fsp3) is 0.500. The van der Waals surface area contributed by atoms with Gasteiger partial charge in [-0.25, -0.2) is 0 Å². The van der Waals surface area contributed by atoms with E-state index in [2.05, 4.69) is 5.32 Å². The number of ether oxygens (including phenoxy) is 2. The second-order valence-electron chi connectivity index (χ2n) is 7.00. The highest BCUT2D eigenvalue weighted by Crippen LogP contribution is 2.44. The zero-order valence-electron chi connectivity index (χ0n) is 14.1. The minimum Gasteiger partial charge on any atom is -0.481 e. The van der Waals surface area contributed by atoms with Crippen molar-refractivity contribution in [2.45, 2.75) is 12.8 Å². The summed E-state index contributed by atoms with van der Waals surface area (Å²) in [6.07, 6.45) is 2.08. The van der Waals surface area contributed by atoms with Crippen molar-refractivity contribution >= 4 is 17.8 Å². The van der Waals surface area contributed by atoms with E-state index in [-0.39, 0.29) is 37.6 Å². The van der Waals surface area contributed by atoms with Gasteiger partial charge in [-0.15, -0.1) is 0 Å². The van der Waals surface area contributed by atoms with Gasteiger partial charge in [-0.05, 0) is 42.9 Å². The van der Waals surface area contributed by atoms with Crippen molar-refractivity contribution in [1.82, 2.24) is 10.2 Å². The summed E-state index contributed by atoms with van der Waals surface area (Å²) in [7, 11) is 0. The normalized spacial score (nSPS) is 23.8. The zero-order valence-corrected chi connectivity index (χ0v) is 14.1. The van der Waals surface area contributed by atoms with Gasteiger partial charge in [0.1, 0.15) is 0 Å². The van der Waals surface area contributed by atoms with Gasteiger partial charge in [-0.3, -0.25) is 14.4 Å². The first-order valence-electron chi connectivity index (χ1n) is 8.71. The molecule has 2 fully saturated rings. The molecule has 2 N–H and O–H groups in total. The van der Waals surface area contributed by atoms with E-state index in [1.165, 1.54) is 0 Å². The maximum absolute atomic E-state index is 12.4. The second kappa shape index (κ2) is 6.51. The second-order valence-corrected chi connectivity index (χ2v) is 7.00. The Hall–Kier alpha value is -2.77. The van der Waals surface area contributed by atoms with Crippen LogP contribution in [0.4, 0.5) is 0 Å². The molecule has 8 heteroatoms. The van der Waals surface area contributed by atoms with Crippen molar-refractivity contribution in [3.05, 3.63) is 23.8 Å². The number of carboxylic acid groups (broad SMARTS) is 1. The van der Waals surface area contributed by atoms with Gasteiger partial charge >= 0.3 is 5.97 Å². The number of carboxylic acids is 1. The third-order valence-corrected chi connectivity index (χ3v) is 5.30. The fourth-order valence-electron chi connectivity index (χ4n) is 3.70. The molecule has 2 amide bonds. The minimum atomic E-state index is -0.846. The Kier molecular flexibility index (Phi) is 4.18. The molecule has 2 heterocycles. The van der Waals surface area contributed by atoms with Crippen LogP contribution in [-0.4, -0.2) is 54.2 Å². The molecule has 8 nitrogen and oxygen atoms in total. The molecule has 0 bridgehead atoms. The Morgan fingerprint density at radius 1 is 1.15 bits per heavy atom. The van der Waals surface area contributed by atoms with Crippen LogP contribution in [0.1, 0.15) is 23.2 Å². The molecular weight excluding hydrogens is 340 g/mol. The minimum absolute atomic E-state index is 0.0287. The maximum Gasteiger partial charge on any atom is 0.308 e. The van der Waals surface area contributed by atoms with Crippen LogP contribution in [0.5, 0.6) is 11.5 Å². The van der Waals surface area contributed by atoms with Crippen molar-refractivity contribution < 1.29 is 29.0 Å². The highest BCUT2D eigenvalue weighted by molar-refractivity contribution is 5.97. The van der Waals surface area contributed by atoms with Crippen LogP contribution >= 0.6 is 0 Å². The Morgan fingerprint density at radius 2 is 1.92 bits per heavy atom. The summed E-state index contributed by atoms with van der Waals surface area (Å²) in [6.45, 7) is 0.646. The van der Waals surface area contributed by atoms with Crippen LogP contribution in [0, 0.1) is 17.8 Å². The van der Waals surface area contributed by atoms with Gasteiger partial charge < -0.3 is 24.8 Å². The van der Waals surface area contributed by atoms with Crippen molar-refractivity contribution in [3.8, 4) is 11.5 Å². The molecule has 0 aromatic heterocycles. The molecule has 4 rings (SSSR count). The van der Waals surface area contributed by atoms with E-state index in [0.717, 1.165) is 12.8 Å². The Bertz CT molecular complexity index is 760. The first-order valence-corrected chi connectivity index (χ1v) is 8.71. The number of fused-ring (bicyclic) bond motifs is 1. The molecule has 3 aliphatic rings. The van der Waals surface area contributed by atoms with E-state index in [9.17, 15) is 19.5 Å². The summed E-state index contributed by atoms with van der Waals surface area (Å²) in [4.78, 5) is 37.6. The van der Waals surface area contributed by atoms with E-state index in [0.29, 0.717) is 29.5 Å². The largest absolute Gasteiger partial charge is 0.481 e. The Morgan fingerprint density at radius 3 is 2.65 bits per heavy atom. The lowest BCUT2D eigenvalue weighted by Crippen LogP contribution is -2.39. The van der Waals surface area contributed by atoms with Gasteiger partial charge in [0, 0.05) is 18.7 Å². The number of aliphatic carboxylic acids is 1. The van der Waals surface area contributed by atoms with Gasteiger partial charge in [0.05, 0.1) is 12.5 Å². The third kappa shape index (κ3) is 3.18. The summed E-state index contributed by atoms with van der Waals surface area (Å²) < 4.78 is 10.4. The van der Waals surface area contributed by atoms with Crippen LogP contribution in [0.2, 0.25) is 0 Å². The van der Waals surface area contributed by atoms with E-state index >= 15 is 0 Å². The SMILES string of the molecule is O=C(NCC(=O)N1C[C@H](C(=O)O)[C@@H](C2CC2)C1)c1ccc2c(c1)OCO2. The summed E-state index contributed by atoms with van der Waals surface area (Å²) in [5, 5.41) is 12.0. The number of likely N-dealkylation sites (tertiary alicyclic amines) is 1. The van der Waals surface area contributed by atoms with Crippen molar-refractivity contribution in [2.75, 3.05) is 26.4 Å². The summed E-state index contributed by atoms with van der Waals surface area (Å²) in [6, 6.07) is 4.82. The zero-order chi connectivity index (χ0) is 18.3. The highest BCUT2D eigenvalue weighted by atomic mass is 16.7. The number of benzene rings is 1. The lowest BCUT2D eigenvalue weighted by molar-refractivity contribution is -0.142. The van der Waals surface area contributed by atoms with Crippen molar-refractivity contribution in [3.63, 3.8) is 0 Å². The van der Waals surface area contributed by atoms with Crippen molar-refractivity contribution in [2.24, 2.45) is 17.8 Å². The monoisotopic (exact) mass is 360 g/mol. The molecule has 0 spiro atoms. The molecule has 1 saturated carbocycles. The first-order chi connectivity index (χ1) is 12.5. The predicted octanol–water partition coefficient (Wildman–Crippen LogP) is 0.714. The van der Waals surface area contributed by atoms with Gasteiger partial charge in [0.15, 0.2) is 11.5 Å². The van der Waals surface area contributed by atoms with E-state index in [1.807, 2.05) is 0 Å². The molecule has 1 aromatic carbocycles. The van der Waals surface area contributed by atoms with Gasteiger partial charge in [0.2, 0.25) is 12.7 Å². The molecule has 138 valence electrons. The van der Waals surface area contributed by atoms with Crippen LogP contribution in [0.25, 0.3) is 0 Å². The highest BCUT2D eigenvalue weighted by Gasteiger charge is 2.46. The molecule has 0 unspecified atom stereocenters. The predicted molar refractivity (Wildman–Crippen MR) is 88.8 cm³/mol. The number of amides is 2. The fourth-order valence-corrected chi connectivity index (χ4v) is 3.70. The molecule has 1 saturated heterocycles. The number of hydrogen-bond donors (Lipinski definition) is 2. The molecule has 2 aliphatic heterocycles. The standard InChI is InChI=1S/C18H20N2O6/c21-16(20-7-12(10-1-2-10)13(8-20)18(23)24)6-19-17(22)11-3-4-14-15(5-11)26-9-25-14/h3-5,10,12-13H,1-2,6-9H2,(H,19,22)(H,23,24)/t12-,13+/m1/s1. The topological polar surface area (TPSA) is 105 Å². The molecule has 1 aromatic rings. The summed E-state index contributed by atoms with van der Waals surface area (Å²) in [5.41, 5.74) is 0.378. The smallest absolute Gasteiger partial charge is 0.308 e. The summed E-state index contributed by atoms with van der Waals surface area (Å²) in [5.74, 6) is -0.464. The number of carbonyl (C=O) groups excluding carboxylic acids is 2. The summed E-state index contributed by atoms with van der Waals surface area (Å²) >= 11 is 0. The van der Waals surface area contributed by atoms with Gasteiger partial charge in [-0.2, -0.15) is 0 Å². The average molecular weight is 360 g/mol. The third-order valence-electron chi connectivity index (χ3n) is 5.30. The van der Waals surface area contributed by atoms with Crippen LogP contribution in [0.15, 0.2) is 18.2 Å². The Labute approximate surface area is 150 Å². The van der Waals surface area contributed by atoms with Crippen LogP contribution in [0.3, 0.4) is 0 Å². The lowest BCUT2D eigenvalue weighted by Gasteiger charge is -2.16. The Balaban J connectivity index is 1.33. The number of nitrogens with zero attached hydrogens (tertiary/aromatic N) is 1. The first kappa shape index (κ1) is 16.7. The van der Waals surface area contributed by atoms with Gasteiger partial charge in [-0.1, -0.05) is 0 Å². The number of rotatable bonds is 5. The number of nitrogens with one attached hydrogen (secondary N) is 1. The van der Waals surface area contributed by atoms with Crippen molar-refractivity contribution in [1.29, 1.82) is 0 Å². The molecule has 1 aliphatic carbocycles. The van der Waals surface area contributed by atoms with Crippen LogP contribution in [-0.2, 0) is 9.59 Å². The quantitative estimate of drug-likeness (QED) is 0.801. The van der Waals surface area contributed by atoms with E-state index in [1.54, 1.807) is 23.1 Å². The van der Waals surface area contributed by atoms with Crippen LogP contribution < -0.4 is 14.8 Å². The van der Waals surface area contributed by atoms with E-state index in [4.69, 9.17) is 9.47 Å². The molecule has 0 radical (unpaired) electrons. The maximum atomic E-state index is 12.4.